The smallest absolute Gasteiger partial charge is 0.320 e. The minimum atomic E-state index is -0.807. The summed E-state index contributed by atoms with van der Waals surface area (Å²) in [5.74, 6) is -1.10. The lowest BCUT2D eigenvalue weighted by atomic mass is 9.99. The van der Waals surface area contributed by atoms with Crippen molar-refractivity contribution in [1.29, 1.82) is 0 Å². The summed E-state index contributed by atoms with van der Waals surface area (Å²) in [5.41, 5.74) is 0. The summed E-state index contributed by atoms with van der Waals surface area (Å²) in [6.45, 7) is 5.40. The number of hydrogen-bond acceptors (Lipinski definition) is 4. The van der Waals surface area contributed by atoms with E-state index in [9.17, 15) is 9.59 Å². The maximum Gasteiger partial charge on any atom is 0.320 e. The number of nitrogens with zero attached hydrogens (tertiary/aromatic N) is 1. The summed E-state index contributed by atoms with van der Waals surface area (Å²) in [6, 6.07) is -0.345. The number of nitrogens with one attached hydrogen (secondary N) is 1. The van der Waals surface area contributed by atoms with Gasteiger partial charge in [0, 0.05) is 0 Å². The average molecular weight is 198 g/mol. The highest BCUT2D eigenvalue weighted by Gasteiger charge is 2.36. The van der Waals surface area contributed by atoms with E-state index in [2.05, 4.69) is 10.3 Å². The fraction of sp³-hybridized carbons (Fsp3) is 0.667. The van der Waals surface area contributed by atoms with Gasteiger partial charge >= 0.3 is 5.97 Å². The molecule has 1 amide bonds. The fourth-order valence-corrected chi connectivity index (χ4v) is 1.42. The van der Waals surface area contributed by atoms with Crippen LogP contribution in [0, 0.1) is 5.92 Å². The van der Waals surface area contributed by atoms with Crippen molar-refractivity contribution in [1.82, 2.24) is 5.32 Å². The van der Waals surface area contributed by atoms with E-state index in [-0.39, 0.29) is 18.6 Å². The third kappa shape index (κ3) is 2.10. The molecule has 2 atom stereocenters. The summed E-state index contributed by atoms with van der Waals surface area (Å²) in [4.78, 5) is 26.9. The van der Waals surface area contributed by atoms with Crippen LogP contribution in [-0.2, 0) is 14.3 Å². The van der Waals surface area contributed by atoms with E-state index in [0.29, 0.717) is 5.84 Å². The van der Waals surface area contributed by atoms with Gasteiger partial charge in [-0.05, 0) is 20.8 Å². The number of amides is 1. The molecule has 1 heterocycles. The van der Waals surface area contributed by atoms with Crippen LogP contribution in [0.2, 0.25) is 0 Å². The number of aliphatic imine (C=N–C) groups is 1. The van der Waals surface area contributed by atoms with Crippen LogP contribution in [-0.4, -0.2) is 30.4 Å². The topological polar surface area (TPSA) is 67.8 Å². The van der Waals surface area contributed by atoms with Crippen LogP contribution in [0.5, 0.6) is 0 Å². The number of carbonyl (C=O) groups excluding carboxylic acids is 2. The number of hydrogen-bond donors (Lipinski definition) is 1. The molecule has 0 spiro atoms. The lowest BCUT2D eigenvalue weighted by molar-refractivity contribution is -0.152. The Balaban J connectivity index is 2.78. The molecule has 78 valence electrons. The molecule has 1 rings (SSSR count). The van der Waals surface area contributed by atoms with E-state index < -0.39 is 11.9 Å². The molecular formula is C9H14N2O3. The van der Waals surface area contributed by atoms with Crippen LogP contribution in [0.4, 0.5) is 0 Å². The molecule has 1 aliphatic rings. The van der Waals surface area contributed by atoms with Crippen LogP contribution in [0.15, 0.2) is 4.99 Å². The van der Waals surface area contributed by atoms with Gasteiger partial charge in [0.15, 0.2) is 5.92 Å². The first-order chi connectivity index (χ1) is 6.56. The Morgan fingerprint density at radius 2 is 2.29 bits per heavy atom. The van der Waals surface area contributed by atoms with Crippen LogP contribution in [0.3, 0.4) is 0 Å². The number of rotatable bonds is 2. The third-order valence-corrected chi connectivity index (χ3v) is 2.01. The number of carbonyl (C=O) groups is 2. The Kier molecular flexibility index (Phi) is 3.22. The first-order valence-corrected chi connectivity index (χ1v) is 4.58. The second-order valence-electron chi connectivity index (χ2n) is 3.17. The summed E-state index contributed by atoms with van der Waals surface area (Å²) in [7, 11) is 0. The Hall–Kier alpha value is -1.39. The van der Waals surface area contributed by atoms with Crippen molar-refractivity contribution in [3.05, 3.63) is 0 Å². The van der Waals surface area contributed by atoms with Crippen LogP contribution in [0.1, 0.15) is 20.8 Å². The van der Waals surface area contributed by atoms with Gasteiger partial charge in [-0.2, -0.15) is 0 Å². The third-order valence-electron chi connectivity index (χ3n) is 2.01. The second kappa shape index (κ2) is 4.21. The van der Waals surface area contributed by atoms with Gasteiger partial charge in [-0.15, -0.1) is 0 Å². The molecule has 0 bridgehead atoms. The predicted octanol–water partition coefficient (Wildman–Crippen LogP) is 0.102. The molecule has 0 fully saturated rings. The lowest BCUT2D eigenvalue weighted by Gasteiger charge is -2.23. The summed E-state index contributed by atoms with van der Waals surface area (Å²) in [6.07, 6.45) is 0. The molecule has 0 aromatic carbocycles. The zero-order valence-electron chi connectivity index (χ0n) is 8.53. The summed E-state index contributed by atoms with van der Waals surface area (Å²) < 4.78 is 4.79. The molecule has 0 saturated carbocycles. The van der Waals surface area contributed by atoms with Gasteiger partial charge in [0.2, 0.25) is 5.91 Å². The molecular weight excluding hydrogens is 184 g/mol. The van der Waals surface area contributed by atoms with Gasteiger partial charge < -0.3 is 10.1 Å². The first-order valence-electron chi connectivity index (χ1n) is 4.58. The minimum absolute atomic E-state index is 0.276. The monoisotopic (exact) mass is 198 g/mol. The number of esters is 1. The number of amidine groups is 1. The predicted molar refractivity (Wildman–Crippen MR) is 50.8 cm³/mol. The average Bonchev–Trinajstić information content (AvgIpc) is 2.01. The van der Waals surface area contributed by atoms with Gasteiger partial charge in [0.25, 0.3) is 0 Å². The van der Waals surface area contributed by atoms with E-state index in [0.717, 1.165) is 0 Å². The van der Waals surface area contributed by atoms with Crippen LogP contribution in [0.25, 0.3) is 0 Å². The molecule has 0 aromatic rings. The zero-order valence-corrected chi connectivity index (χ0v) is 8.53. The van der Waals surface area contributed by atoms with E-state index in [1.807, 2.05) is 0 Å². The Morgan fingerprint density at radius 3 is 2.79 bits per heavy atom. The maximum atomic E-state index is 11.4. The second-order valence-corrected chi connectivity index (χ2v) is 3.17. The number of ether oxygens (including phenoxy) is 1. The van der Waals surface area contributed by atoms with Crippen molar-refractivity contribution in [2.24, 2.45) is 10.9 Å². The van der Waals surface area contributed by atoms with Gasteiger partial charge in [-0.1, -0.05) is 0 Å². The molecule has 14 heavy (non-hydrogen) atoms. The largest absolute Gasteiger partial charge is 0.465 e. The van der Waals surface area contributed by atoms with Crippen molar-refractivity contribution < 1.29 is 14.3 Å². The van der Waals surface area contributed by atoms with Gasteiger partial charge in [-0.3, -0.25) is 14.6 Å². The van der Waals surface area contributed by atoms with Crippen molar-refractivity contribution >= 4 is 17.7 Å². The zero-order chi connectivity index (χ0) is 10.7. The molecule has 1 N–H and O–H groups in total. The Bertz CT molecular complexity index is 286. The fourth-order valence-electron chi connectivity index (χ4n) is 1.42. The van der Waals surface area contributed by atoms with Crippen molar-refractivity contribution in [2.75, 3.05) is 6.61 Å². The normalized spacial score (nSPS) is 26.5. The van der Waals surface area contributed by atoms with E-state index in [1.54, 1.807) is 20.8 Å². The molecule has 0 unspecified atom stereocenters. The minimum Gasteiger partial charge on any atom is -0.465 e. The van der Waals surface area contributed by atoms with Gasteiger partial charge in [0.1, 0.15) is 5.84 Å². The molecule has 0 saturated heterocycles. The van der Waals surface area contributed by atoms with Crippen LogP contribution < -0.4 is 5.32 Å². The highest BCUT2D eigenvalue weighted by molar-refractivity contribution is 6.08. The van der Waals surface area contributed by atoms with Crippen molar-refractivity contribution in [3.63, 3.8) is 0 Å². The van der Waals surface area contributed by atoms with Gasteiger partial charge in [0.05, 0.1) is 12.6 Å². The maximum absolute atomic E-state index is 11.4. The molecule has 5 nitrogen and oxygen atoms in total. The quantitative estimate of drug-likeness (QED) is 0.505. The van der Waals surface area contributed by atoms with E-state index >= 15 is 0 Å². The Labute approximate surface area is 82.5 Å². The molecule has 1 aliphatic heterocycles. The lowest BCUT2D eigenvalue weighted by Crippen LogP contribution is -2.47. The Morgan fingerprint density at radius 1 is 1.64 bits per heavy atom. The van der Waals surface area contributed by atoms with Crippen molar-refractivity contribution in [2.45, 2.75) is 26.8 Å². The highest BCUT2D eigenvalue weighted by Crippen LogP contribution is 2.14. The molecule has 0 radical (unpaired) electrons. The highest BCUT2D eigenvalue weighted by atomic mass is 16.5. The molecule has 0 aromatic heterocycles. The van der Waals surface area contributed by atoms with Gasteiger partial charge in [-0.25, -0.2) is 0 Å². The first kappa shape index (κ1) is 10.7. The standard InChI is InChI=1S/C9H14N2O3/c1-4-14-9(13)7-5(2)10-6(3)11-8(7)12/h5,7H,4H2,1-3H3,(H,10,11,12)/t5-,7+/m1/s1. The molecule has 0 aliphatic carbocycles. The molecule has 5 heteroatoms. The van der Waals surface area contributed by atoms with Crippen LogP contribution >= 0.6 is 0 Å². The van der Waals surface area contributed by atoms with E-state index in [1.165, 1.54) is 0 Å². The van der Waals surface area contributed by atoms with Crippen molar-refractivity contribution in [3.8, 4) is 0 Å². The van der Waals surface area contributed by atoms with E-state index in [4.69, 9.17) is 4.74 Å². The SMILES string of the molecule is CCOC(=O)[C@@H]1C(=O)NC(C)=N[C@@H]1C. The summed E-state index contributed by atoms with van der Waals surface area (Å²) >= 11 is 0. The summed E-state index contributed by atoms with van der Waals surface area (Å²) in [5, 5.41) is 2.51.